The second-order valence-electron chi connectivity index (χ2n) is 8.84. The van der Waals surface area contributed by atoms with Crippen molar-refractivity contribution >= 4 is 28.3 Å². The van der Waals surface area contributed by atoms with Gasteiger partial charge in [-0.2, -0.15) is 0 Å². The molecule has 1 aromatic carbocycles. The largest absolute Gasteiger partial charge is 0.381 e. The smallest absolute Gasteiger partial charge is 0.257 e. The van der Waals surface area contributed by atoms with Gasteiger partial charge in [0, 0.05) is 54.4 Å². The number of hydrogen-bond donors (Lipinski definition) is 2. The number of benzene rings is 1. The molecule has 2 N–H and O–H groups in total. The lowest BCUT2D eigenvalue weighted by Crippen LogP contribution is -2.17. The fourth-order valence-corrected chi connectivity index (χ4v) is 4.31. The van der Waals surface area contributed by atoms with Crippen LogP contribution in [0.25, 0.3) is 11.0 Å². The standard InChI is InChI=1S/C27H27N5O/c1-16-10-21-13-24(21)25(16)28-14-17(2)30-18(3)19-6-5-7-23(12-19)31-27(33)22-11-20-8-9-32(4)26(20)29-15-22/h5-9,11-15,18,24,30H,1,10H2,2-4H3,(H,31,33)/b17-14+,28-25?/t18-,24?/m0/s1. The molecule has 3 aromatic rings. The highest BCUT2D eigenvalue weighted by Gasteiger charge is 2.37. The van der Waals surface area contributed by atoms with Crippen LogP contribution in [0.5, 0.6) is 0 Å². The highest BCUT2D eigenvalue weighted by Crippen LogP contribution is 2.44. The minimum absolute atomic E-state index is 0.0574. The van der Waals surface area contributed by atoms with Crippen LogP contribution in [0, 0.1) is 5.92 Å². The molecule has 2 aliphatic carbocycles. The number of anilines is 1. The molecular weight excluding hydrogens is 410 g/mol. The molecule has 1 amide bonds. The number of aliphatic imine (C=N–C) groups is 1. The van der Waals surface area contributed by atoms with Crippen LogP contribution in [0.4, 0.5) is 5.69 Å². The van der Waals surface area contributed by atoms with Gasteiger partial charge in [0.15, 0.2) is 0 Å². The number of carbonyl (C=O) groups excluding carboxylic acids is 1. The molecule has 0 radical (unpaired) electrons. The summed E-state index contributed by atoms with van der Waals surface area (Å²) in [7, 11) is 1.94. The zero-order valence-electron chi connectivity index (χ0n) is 19.1. The van der Waals surface area contributed by atoms with Crippen LogP contribution in [-0.4, -0.2) is 21.2 Å². The van der Waals surface area contributed by atoms with Crippen molar-refractivity contribution in [2.75, 3.05) is 5.32 Å². The highest BCUT2D eigenvalue weighted by molar-refractivity contribution is 6.11. The number of amides is 1. The Balaban J connectivity index is 1.25. The van der Waals surface area contributed by atoms with E-state index in [-0.39, 0.29) is 11.9 Å². The van der Waals surface area contributed by atoms with E-state index in [9.17, 15) is 4.79 Å². The molecule has 2 atom stereocenters. The van der Waals surface area contributed by atoms with Gasteiger partial charge in [-0.25, -0.2) is 4.98 Å². The summed E-state index contributed by atoms with van der Waals surface area (Å²) < 4.78 is 1.93. The fraction of sp³-hybridized carbons (Fsp3) is 0.222. The molecular formula is C27H27N5O. The van der Waals surface area contributed by atoms with Crippen molar-refractivity contribution in [2.45, 2.75) is 26.3 Å². The van der Waals surface area contributed by atoms with Gasteiger partial charge in [-0.05, 0) is 55.7 Å². The fourth-order valence-electron chi connectivity index (χ4n) is 4.31. The lowest BCUT2D eigenvalue weighted by atomic mass is 10.1. The first kappa shape index (κ1) is 20.9. The minimum Gasteiger partial charge on any atom is -0.381 e. The van der Waals surface area contributed by atoms with E-state index in [4.69, 9.17) is 0 Å². The quantitative estimate of drug-likeness (QED) is 0.515. The maximum Gasteiger partial charge on any atom is 0.257 e. The number of aryl methyl sites for hydroxylation is 1. The van der Waals surface area contributed by atoms with Crippen molar-refractivity contribution in [1.29, 1.82) is 0 Å². The van der Waals surface area contributed by atoms with E-state index in [0.717, 1.165) is 45.7 Å². The number of carbonyl (C=O) groups is 1. The summed E-state index contributed by atoms with van der Waals surface area (Å²) in [5.41, 5.74) is 7.85. The van der Waals surface area contributed by atoms with Crippen LogP contribution in [0.15, 0.2) is 89.5 Å². The van der Waals surface area contributed by atoms with Gasteiger partial charge >= 0.3 is 0 Å². The van der Waals surface area contributed by atoms with Gasteiger partial charge < -0.3 is 15.2 Å². The third-order valence-electron chi connectivity index (χ3n) is 6.20. The van der Waals surface area contributed by atoms with Crippen molar-refractivity contribution in [3.8, 4) is 0 Å². The SMILES string of the molecule is C=C1CC2=CC2C1=N/C=C(\C)N[C@@H](C)c1cccc(NC(=O)c2cnc3c(ccn3C)c2)c1. The van der Waals surface area contributed by atoms with Gasteiger partial charge in [-0.3, -0.25) is 9.79 Å². The maximum atomic E-state index is 12.8. The van der Waals surface area contributed by atoms with Crippen LogP contribution in [0.1, 0.15) is 42.2 Å². The minimum atomic E-state index is -0.178. The van der Waals surface area contributed by atoms with Crippen molar-refractivity contribution in [3.63, 3.8) is 0 Å². The predicted octanol–water partition coefficient (Wildman–Crippen LogP) is 5.29. The van der Waals surface area contributed by atoms with Crippen molar-refractivity contribution in [2.24, 2.45) is 18.0 Å². The number of nitrogens with one attached hydrogen (secondary N) is 2. The molecule has 33 heavy (non-hydrogen) atoms. The molecule has 5 rings (SSSR count). The molecule has 166 valence electrons. The van der Waals surface area contributed by atoms with E-state index in [0.29, 0.717) is 11.5 Å². The Kier molecular flexibility index (Phi) is 5.21. The molecule has 1 fully saturated rings. The third-order valence-corrected chi connectivity index (χ3v) is 6.20. The molecule has 6 nitrogen and oxygen atoms in total. The number of fused-ring (bicyclic) bond motifs is 2. The monoisotopic (exact) mass is 437 g/mol. The normalized spacial score (nSPS) is 19.4. The lowest BCUT2D eigenvalue weighted by molar-refractivity contribution is 0.102. The van der Waals surface area contributed by atoms with Gasteiger partial charge in [0.25, 0.3) is 5.91 Å². The molecule has 1 unspecified atom stereocenters. The second-order valence-corrected chi connectivity index (χ2v) is 8.84. The van der Waals surface area contributed by atoms with Gasteiger partial charge in [0.05, 0.1) is 11.3 Å². The Morgan fingerprint density at radius 3 is 2.97 bits per heavy atom. The molecule has 2 heterocycles. The van der Waals surface area contributed by atoms with E-state index in [1.165, 1.54) is 5.57 Å². The molecule has 0 spiro atoms. The first-order valence-electron chi connectivity index (χ1n) is 11.1. The summed E-state index contributed by atoms with van der Waals surface area (Å²) in [6.07, 6.45) is 8.64. The Bertz CT molecular complexity index is 1370. The number of nitrogens with zero attached hydrogens (tertiary/aromatic N) is 3. The van der Waals surface area contributed by atoms with Crippen LogP contribution >= 0.6 is 0 Å². The number of aromatic nitrogens is 2. The zero-order chi connectivity index (χ0) is 23.1. The average Bonchev–Trinajstić information content (AvgIpc) is 3.34. The molecule has 0 aliphatic heterocycles. The van der Waals surface area contributed by atoms with Crippen LogP contribution in [0.3, 0.4) is 0 Å². The summed E-state index contributed by atoms with van der Waals surface area (Å²) in [4.78, 5) is 21.9. The van der Waals surface area contributed by atoms with Gasteiger partial charge in [-0.1, -0.05) is 30.4 Å². The molecule has 2 aliphatic rings. The van der Waals surface area contributed by atoms with E-state index < -0.39 is 0 Å². The summed E-state index contributed by atoms with van der Waals surface area (Å²) in [6, 6.07) is 11.7. The molecule has 1 saturated carbocycles. The summed E-state index contributed by atoms with van der Waals surface area (Å²) >= 11 is 0. The van der Waals surface area contributed by atoms with E-state index in [1.54, 1.807) is 6.20 Å². The number of rotatable bonds is 6. The third kappa shape index (κ3) is 4.24. The van der Waals surface area contributed by atoms with E-state index in [1.807, 2.05) is 67.3 Å². The van der Waals surface area contributed by atoms with Crippen molar-refractivity contribution < 1.29 is 4.79 Å². The Labute approximate surface area is 193 Å². The Morgan fingerprint density at radius 1 is 1.33 bits per heavy atom. The van der Waals surface area contributed by atoms with Crippen LogP contribution < -0.4 is 10.6 Å². The average molecular weight is 438 g/mol. The van der Waals surface area contributed by atoms with Crippen molar-refractivity contribution in [3.05, 3.63) is 95.6 Å². The molecule has 2 aromatic heterocycles. The summed E-state index contributed by atoms with van der Waals surface area (Å²) in [6.45, 7) is 8.22. The number of pyridine rings is 1. The van der Waals surface area contributed by atoms with Crippen LogP contribution in [-0.2, 0) is 7.05 Å². The zero-order valence-corrected chi connectivity index (χ0v) is 19.1. The topological polar surface area (TPSA) is 71.3 Å². The lowest BCUT2D eigenvalue weighted by Gasteiger charge is -2.17. The Morgan fingerprint density at radius 2 is 2.18 bits per heavy atom. The van der Waals surface area contributed by atoms with E-state index in [2.05, 4.69) is 40.2 Å². The predicted molar refractivity (Wildman–Crippen MR) is 133 cm³/mol. The van der Waals surface area contributed by atoms with Crippen molar-refractivity contribution in [1.82, 2.24) is 14.9 Å². The van der Waals surface area contributed by atoms with E-state index >= 15 is 0 Å². The first-order chi connectivity index (χ1) is 15.9. The molecule has 0 saturated heterocycles. The van der Waals surface area contributed by atoms with Gasteiger partial charge in [-0.15, -0.1) is 0 Å². The molecule has 6 heteroatoms. The Hall–Kier alpha value is -3.93. The highest BCUT2D eigenvalue weighted by atomic mass is 16.1. The maximum absolute atomic E-state index is 12.8. The van der Waals surface area contributed by atoms with Crippen LogP contribution in [0.2, 0.25) is 0 Å². The van der Waals surface area contributed by atoms with Gasteiger partial charge in [0.2, 0.25) is 0 Å². The number of allylic oxidation sites excluding steroid dienone is 4. The second kappa shape index (κ2) is 8.20. The number of hydrogen-bond acceptors (Lipinski definition) is 4. The summed E-state index contributed by atoms with van der Waals surface area (Å²) in [5.74, 6) is 0.250. The first-order valence-corrected chi connectivity index (χ1v) is 11.1. The summed E-state index contributed by atoms with van der Waals surface area (Å²) in [5, 5.41) is 7.41. The molecule has 0 bridgehead atoms. The van der Waals surface area contributed by atoms with Gasteiger partial charge in [0.1, 0.15) is 5.65 Å².